The number of hydrogen-bond donors (Lipinski definition) is 1. The molecule has 0 unspecified atom stereocenters. The maximum Gasteiger partial charge on any atom is 0.287 e. The fourth-order valence-electron chi connectivity index (χ4n) is 3.95. The number of hydrogen-bond acceptors (Lipinski definition) is 3. The van der Waals surface area contributed by atoms with E-state index >= 15 is 0 Å². The summed E-state index contributed by atoms with van der Waals surface area (Å²) >= 11 is 0. The minimum atomic E-state index is -0.280. The molecule has 2 aromatic heterocycles. The van der Waals surface area contributed by atoms with Crippen LogP contribution in [0.2, 0.25) is 0 Å². The maximum atomic E-state index is 13.4. The Bertz CT molecular complexity index is 995. The van der Waals surface area contributed by atoms with Gasteiger partial charge in [-0.3, -0.25) is 4.79 Å². The van der Waals surface area contributed by atoms with Crippen LogP contribution in [0.4, 0.5) is 4.39 Å². The molecule has 2 aliphatic carbocycles. The monoisotopic (exact) mass is 379 g/mol. The first-order valence-corrected chi connectivity index (χ1v) is 9.93. The molecular formula is C22H22FN3O2. The first kappa shape index (κ1) is 17.2. The fraction of sp³-hybridized carbons (Fsp3) is 0.364. The molecule has 0 radical (unpaired) electrons. The number of aromatic nitrogens is 2. The molecule has 0 spiro atoms. The molecule has 2 aliphatic rings. The Labute approximate surface area is 162 Å². The first-order chi connectivity index (χ1) is 13.7. The van der Waals surface area contributed by atoms with Gasteiger partial charge in [-0.1, -0.05) is 12.8 Å². The standard InChI is InChI=1S/C22H22FN3O2/c23-15-7-5-14(6-8-15)20-21(26(13-24-20)17-3-1-2-4-17)18-11-12-19(28-18)22(27)25-16-9-10-16/h5-8,11-13,16-17H,1-4,9-10H2,(H,25,27). The van der Waals surface area contributed by atoms with Gasteiger partial charge in [-0.15, -0.1) is 0 Å². The van der Waals surface area contributed by atoms with Crippen LogP contribution in [0.1, 0.15) is 55.1 Å². The third-order valence-corrected chi connectivity index (χ3v) is 5.61. The van der Waals surface area contributed by atoms with E-state index in [4.69, 9.17) is 4.42 Å². The van der Waals surface area contributed by atoms with Crippen molar-refractivity contribution >= 4 is 5.91 Å². The molecule has 2 saturated carbocycles. The van der Waals surface area contributed by atoms with Crippen molar-refractivity contribution in [2.24, 2.45) is 0 Å². The molecule has 1 aromatic carbocycles. The fourth-order valence-corrected chi connectivity index (χ4v) is 3.95. The van der Waals surface area contributed by atoms with E-state index in [-0.39, 0.29) is 17.8 Å². The normalized spacial score (nSPS) is 17.2. The number of furan rings is 1. The van der Waals surface area contributed by atoms with E-state index in [0.29, 0.717) is 17.6 Å². The maximum absolute atomic E-state index is 13.4. The average Bonchev–Trinajstić information content (AvgIpc) is 3.14. The van der Waals surface area contributed by atoms with Crippen LogP contribution >= 0.6 is 0 Å². The van der Waals surface area contributed by atoms with Gasteiger partial charge in [-0.2, -0.15) is 0 Å². The van der Waals surface area contributed by atoms with E-state index in [9.17, 15) is 9.18 Å². The van der Waals surface area contributed by atoms with Crippen LogP contribution in [-0.2, 0) is 0 Å². The van der Waals surface area contributed by atoms with Gasteiger partial charge in [0, 0.05) is 17.6 Å². The second-order valence-electron chi connectivity index (χ2n) is 7.71. The molecule has 5 rings (SSSR count). The van der Waals surface area contributed by atoms with Crippen LogP contribution in [0.5, 0.6) is 0 Å². The quantitative estimate of drug-likeness (QED) is 0.682. The van der Waals surface area contributed by atoms with Gasteiger partial charge in [0.2, 0.25) is 0 Å². The van der Waals surface area contributed by atoms with Gasteiger partial charge in [0.1, 0.15) is 11.5 Å². The van der Waals surface area contributed by atoms with Crippen molar-refractivity contribution in [2.45, 2.75) is 50.6 Å². The molecule has 1 N–H and O–H groups in total. The lowest BCUT2D eigenvalue weighted by Crippen LogP contribution is -2.24. The Morgan fingerprint density at radius 2 is 1.82 bits per heavy atom. The third-order valence-electron chi connectivity index (χ3n) is 5.61. The van der Waals surface area contributed by atoms with Crippen molar-refractivity contribution in [3.05, 3.63) is 54.3 Å². The molecule has 0 bridgehead atoms. The minimum Gasteiger partial charge on any atom is -0.449 e. The van der Waals surface area contributed by atoms with Gasteiger partial charge in [0.25, 0.3) is 5.91 Å². The van der Waals surface area contributed by atoms with Gasteiger partial charge in [-0.25, -0.2) is 9.37 Å². The summed E-state index contributed by atoms with van der Waals surface area (Å²) in [4.78, 5) is 17.0. The lowest BCUT2D eigenvalue weighted by atomic mass is 10.1. The molecule has 3 aromatic rings. The van der Waals surface area contributed by atoms with Crippen LogP contribution in [-0.4, -0.2) is 21.5 Å². The van der Waals surface area contributed by atoms with Crippen LogP contribution in [0.25, 0.3) is 22.7 Å². The van der Waals surface area contributed by atoms with Gasteiger partial charge >= 0.3 is 0 Å². The second-order valence-corrected chi connectivity index (χ2v) is 7.71. The smallest absolute Gasteiger partial charge is 0.287 e. The van der Waals surface area contributed by atoms with Crippen LogP contribution in [0, 0.1) is 5.82 Å². The summed E-state index contributed by atoms with van der Waals surface area (Å²) in [5.41, 5.74) is 2.42. The summed E-state index contributed by atoms with van der Waals surface area (Å²) in [7, 11) is 0. The molecule has 28 heavy (non-hydrogen) atoms. The van der Waals surface area contributed by atoms with Gasteiger partial charge < -0.3 is 14.3 Å². The number of benzene rings is 1. The molecule has 6 heteroatoms. The molecule has 1 amide bonds. The second kappa shape index (κ2) is 6.93. The Hall–Kier alpha value is -2.89. The van der Waals surface area contributed by atoms with E-state index in [2.05, 4.69) is 14.9 Å². The lowest BCUT2D eigenvalue weighted by molar-refractivity contribution is 0.0924. The number of carbonyl (C=O) groups excluding carboxylic acids is 1. The van der Waals surface area contributed by atoms with E-state index < -0.39 is 0 Å². The topological polar surface area (TPSA) is 60.1 Å². The highest BCUT2D eigenvalue weighted by atomic mass is 19.1. The summed E-state index contributed by atoms with van der Waals surface area (Å²) in [6.07, 6.45) is 8.49. The number of nitrogens with zero attached hydrogens (tertiary/aromatic N) is 2. The van der Waals surface area contributed by atoms with Gasteiger partial charge in [0.05, 0.1) is 12.0 Å². The van der Waals surface area contributed by atoms with Crippen LogP contribution in [0.3, 0.4) is 0 Å². The number of carbonyl (C=O) groups is 1. The predicted octanol–water partition coefficient (Wildman–Crippen LogP) is 4.96. The zero-order chi connectivity index (χ0) is 19.1. The average molecular weight is 379 g/mol. The third kappa shape index (κ3) is 3.23. The van der Waals surface area contributed by atoms with Crippen molar-refractivity contribution in [1.29, 1.82) is 0 Å². The number of amides is 1. The molecule has 144 valence electrons. The largest absolute Gasteiger partial charge is 0.449 e. The molecular weight excluding hydrogens is 357 g/mol. The lowest BCUT2D eigenvalue weighted by Gasteiger charge is -2.15. The summed E-state index contributed by atoms with van der Waals surface area (Å²) in [5, 5.41) is 2.95. The minimum absolute atomic E-state index is 0.177. The number of rotatable bonds is 5. The van der Waals surface area contributed by atoms with Crippen LogP contribution < -0.4 is 5.32 Å². The van der Waals surface area contributed by atoms with Crippen LogP contribution in [0.15, 0.2) is 47.1 Å². The Morgan fingerprint density at radius 1 is 1.07 bits per heavy atom. The highest BCUT2D eigenvalue weighted by molar-refractivity contribution is 5.92. The van der Waals surface area contributed by atoms with Crippen molar-refractivity contribution in [3.8, 4) is 22.7 Å². The highest BCUT2D eigenvalue weighted by Gasteiger charge is 2.28. The number of imidazole rings is 1. The Balaban J connectivity index is 1.56. The SMILES string of the molecule is O=C(NC1CC1)c1ccc(-c2c(-c3ccc(F)cc3)ncn2C2CCCC2)o1. The van der Waals surface area contributed by atoms with E-state index in [1.54, 1.807) is 18.2 Å². The first-order valence-electron chi connectivity index (χ1n) is 9.93. The summed E-state index contributed by atoms with van der Waals surface area (Å²) < 4.78 is 21.5. The van der Waals surface area contributed by atoms with Crippen molar-refractivity contribution in [2.75, 3.05) is 0 Å². The molecule has 0 atom stereocenters. The summed E-state index contributed by atoms with van der Waals surface area (Å²) in [6, 6.07) is 10.5. The molecule has 5 nitrogen and oxygen atoms in total. The predicted molar refractivity (Wildman–Crippen MR) is 103 cm³/mol. The zero-order valence-corrected chi connectivity index (χ0v) is 15.5. The van der Waals surface area contributed by atoms with Crippen molar-refractivity contribution < 1.29 is 13.6 Å². The number of halogens is 1. The van der Waals surface area contributed by atoms with Gasteiger partial charge in [-0.05, 0) is 62.1 Å². The molecule has 0 aliphatic heterocycles. The number of nitrogens with one attached hydrogen (secondary N) is 1. The van der Waals surface area contributed by atoms with Crippen molar-refractivity contribution in [1.82, 2.24) is 14.9 Å². The summed E-state index contributed by atoms with van der Waals surface area (Å²) in [6.45, 7) is 0. The van der Waals surface area contributed by atoms with Gasteiger partial charge in [0.15, 0.2) is 11.5 Å². The van der Waals surface area contributed by atoms with E-state index in [1.807, 2.05) is 12.4 Å². The molecule has 2 heterocycles. The van der Waals surface area contributed by atoms with E-state index in [1.165, 1.54) is 25.0 Å². The zero-order valence-electron chi connectivity index (χ0n) is 15.5. The Morgan fingerprint density at radius 3 is 2.54 bits per heavy atom. The van der Waals surface area contributed by atoms with Crippen molar-refractivity contribution in [3.63, 3.8) is 0 Å². The Kier molecular flexibility index (Phi) is 4.26. The molecule has 0 saturated heterocycles. The molecule has 2 fully saturated rings. The highest BCUT2D eigenvalue weighted by Crippen LogP contribution is 2.39. The summed E-state index contributed by atoms with van der Waals surface area (Å²) in [5.74, 6) is 0.470. The van der Waals surface area contributed by atoms with E-state index in [0.717, 1.165) is 42.6 Å².